The van der Waals surface area contributed by atoms with E-state index in [1.165, 1.54) is 6.92 Å². The van der Waals surface area contributed by atoms with Crippen LogP contribution in [0.25, 0.3) is 0 Å². The molecule has 0 aliphatic carbocycles. The van der Waals surface area contributed by atoms with Crippen LogP contribution in [0, 0.1) is 6.92 Å². The Balaban J connectivity index is 1.85. The van der Waals surface area contributed by atoms with Crippen LogP contribution in [-0.4, -0.2) is 35.4 Å². The number of ether oxygens (including phenoxy) is 1. The maximum absolute atomic E-state index is 12.2. The van der Waals surface area contributed by atoms with Gasteiger partial charge >= 0.3 is 12.0 Å². The molecule has 1 aromatic carbocycles. The smallest absolute Gasteiger partial charge is 0.343 e. The van der Waals surface area contributed by atoms with E-state index in [-0.39, 0.29) is 12.1 Å². The van der Waals surface area contributed by atoms with Gasteiger partial charge in [-0.05, 0) is 30.9 Å². The zero-order valence-electron chi connectivity index (χ0n) is 14.7. The number of aryl methyl sites for hydroxylation is 1. The van der Waals surface area contributed by atoms with Gasteiger partial charge in [0.25, 0.3) is 5.91 Å². The Morgan fingerprint density at radius 1 is 1.23 bits per heavy atom. The number of nitrogens with zero attached hydrogens (tertiary/aromatic N) is 1. The summed E-state index contributed by atoms with van der Waals surface area (Å²) in [7, 11) is 1.66. The van der Waals surface area contributed by atoms with Gasteiger partial charge in [0.2, 0.25) is 0 Å². The van der Waals surface area contributed by atoms with Gasteiger partial charge < -0.3 is 15.4 Å². The Morgan fingerprint density at radius 2 is 1.92 bits per heavy atom. The second-order valence-electron chi connectivity index (χ2n) is 5.43. The van der Waals surface area contributed by atoms with E-state index in [4.69, 9.17) is 4.74 Å². The summed E-state index contributed by atoms with van der Waals surface area (Å²) in [6.07, 6.45) is -1.13. The Labute approximate surface area is 155 Å². The molecule has 3 amide bonds. The summed E-state index contributed by atoms with van der Waals surface area (Å²) in [5.74, 6) is -1.39. The SMILES string of the molecule is CNc1snc(C)c1C(=O)OC(C)C(=O)NC(=O)NCc1ccccc1. The highest BCUT2D eigenvalue weighted by Crippen LogP contribution is 2.24. The molecule has 2 aromatic rings. The number of hydrogen-bond acceptors (Lipinski definition) is 7. The average Bonchev–Trinajstić information content (AvgIpc) is 3.01. The van der Waals surface area contributed by atoms with E-state index in [1.807, 2.05) is 30.3 Å². The van der Waals surface area contributed by atoms with Crippen molar-refractivity contribution < 1.29 is 19.1 Å². The molecule has 2 rings (SSSR count). The van der Waals surface area contributed by atoms with Crippen LogP contribution in [0.4, 0.5) is 9.80 Å². The number of rotatable bonds is 6. The van der Waals surface area contributed by atoms with Gasteiger partial charge in [-0.25, -0.2) is 9.59 Å². The maximum Gasteiger partial charge on any atom is 0.343 e. The molecule has 0 spiro atoms. The van der Waals surface area contributed by atoms with Crippen LogP contribution in [-0.2, 0) is 16.1 Å². The molecule has 0 aliphatic heterocycles. The fraction of sp³-hybridized carbons (Fsp3) is 0.294. The molecule has 0 fully saturated rings. The van der Waals surface area contributed by atoms with Gasteiger partial charge in [-0.2, -0.15) is 4.37 Å². The number of esters is 1. The molecule has 1 atom stereocenters. The molecule has 0 radical (unpaired) electrons. The number of urea groups is 1. The third-order valence-corrected chi connectivity index (χ3v) is 4.44. The van der Waals surface area contributed by atoms with Gasteiger partial charge in [-0.15, -0.1) is 0 Å². The summed E-state index contributed by atoms with van der Waals surface area (Å²) in [5, 5.41) is 8.12. The zero-order chi connectivity index (χ0) is 19.1. The summed E-state index contributed by atoms with van der Waals surface area (Å²) < 4.78 is 9.22. The van der Waals surface area contributed by atoms with E-state index >= 15 is 0 Å². The molecular weight excluding hydrogens is 356 g/mol. The number of nitrogens with one attached hydrogen (secondary N) is 3. The predicted molar refractivity (Wildman–Crippen MR) is 98.1 cm³/mol. The molecule has 9 heteroatoms. The van der Waals surface area contributed by atoms with E-state index in [0.717, 1.165) is 17.1 Å². The first-order valence-electron chi connectivity index (χ1n) is 7.90. The number of carbonyl (C=O) groups excluding carboxylic acids is 3. The molecule has 0 aliphatic rings. The fourth-order valence-electron chi connectivity index (χ4n) is 2.09. The first-order chi connectivity index (χ1) is 12.4. The predicted octanol–water partition coefficient (Wildman–Crippen LogP) is 2.06. The third-order valence-electron chi connectivity index (χ3n) is 3.48. The quantitative estimate of drug-likeness (QED) is 0.666. The van der Waals surface area contributed by atoms with Gasteiger partial charge in [0.1, 0.15) is 10.6 Å². The van der Waals surface area contributed by atoms with E-state index in [9.17, 15) is 14.4 Å². The standard InChI is InChI=1S/C17H20N4O4S/c1-10-13(15(18-3)26-21-10)16(23)25-11(2)14(22)20-17(24)19-9-12-7-5-4-6-8-12/h4-8,11,18H,9H2,1-3H3,(H2,19,20,22,24). The highest BCUT2D eigenvalue weighted by Gasteiger charge is 2.25. The van der Waals surface area contributed by atoms with Gasteiger partial charge in [0.15, 0.2) is 6.10 Å². The number of anilines is 1. The molecule has 8 nitrogen and oxygen atoms in total. The molecule has 138 valence electrons. The normalized spacial score (nSPS) is 11.3. The number of carbonyl (C=O) groups is 3. The van der Waals surface area contributed by atoms with Crippen LogP contribution in [0.2, 0.25) is 0 Å². The van der Waals surface area contributed by atoms with Crippen LogP contribution >= 0.6 is 11.5 Å². The minimum atomic E-state index is -1.13. The zero-order valence-corrected chi connectivity index (χ0v) is 15.5. The van der Waals surface area contributed by atoms with Crippen molar-refractivity contribution in [3.05, 3.63) is 47.2 Å². The lowest BCUT2D eigenvalue weighted by molar-refractivity contribution is -0.127. The van der Waals surface area contributed by atoms with Crippen LogP contribution < -0.4 is 16.0 Å². The van der Waals surface area contributed by atoms with E-state index in [0.29, 0.717) is 10.7 Å². The van der Waals surface area contributed by atoms with Crippen molar-refractivity contribution in [3.63, 3.8) is 0 Å². The van der Waals surface area contributed by atoms with E-state index < -0.39 is 24.0 Å². The van der Waals surface area contributed by atoms with Crippen molar-refractivity contribution in [2.75, 3.05) is 12.4 Å². The van der Waals surface area contributed by atoms with Crippen molar-refractivity contribution >= 4 is 34.4 Å². The largest absolute Gasteiger partial charge is 0.449 e. The lowest BCUT2D eigenvalue weighted by Gasteiger charge is -2.13. The van der Waals surface area contributed by atoms with E-state index in [2.05, 4.69) is 20.3 Å². The Morgan fingerprint density at radius 3 is 2.58 bits per heavy atom. The summed E-state index contributed by atoms with van der Waals surface area (Å²) in [5.41, 5.74) is 1.69. The first kappa shape index (κ1) is 19.4. The van der Waals surface area contributed by atoms with Gasteiger partial charge in [-0.1, -0.05) is 30.3 Å². The Kier molecular flexibility index (Phi) is 6.67. The minimum absolute atomic E-state index is 0.277. The monoisotopic (exact) mass is 376 g/mol. The molecular formula is C17H20N4O4S. The number of hydrogen-bond donors (Lipinski definition) is 3. The summed E-state index contributed by atoms with van der Waals surface area (Å²) in [4.78, 5) is 36.1. The average molecular weight is 376 g/mol. The lowest BCUT2D eigenvalue weighted by Crippen LogP contribution is -2.44. The second kappa shape index (κ2) is 8.95. The Hall–Kier alpha value is -2.94. The molecule has 0 bridgehead atoms. The summed E-state index contributed by atoms with van der Waals surface area (Å²) in [6.45, 7) is 3.35. The number of benzene rings is 1. The van der Waals surface area contributed by atoms with Crippen molar-refractivity contribution in [1.29, 1.82) is 0 Å². The highest BCUT2D eigenvalue weighted by atomic mass is 32.1. The summed E-state index contributed by atoms with van der Waals surface area (Å²) >= 11 is 1.13. The molecule has 0 saturated carbocycles. The van der Waals surface area contributed by atoms with Crippen molar-refractivity contribution in [2.45, 2.75) is 26.5 Å². The van der Waals surface area contributed by atoms with Gasteiger partial charge in [0, 0.05) is 13.6 Å². The van der Waals surface area contributed by atoms with Crippen LogP contribution in [0.1, 0.15) is 28.5 Å². The second-order valence-corrected chi connectivity index (χ2v) is 6.20. The van der Waals surface area contributed by atoms with Crippen molar-refractivity contribution in [1.82, 2.24) is 15.0 Å². The highest BCUT2D eigenvalue weighted by molar-refractivity contribution is 7.10. The molecule has 0 saturated heterocycles. The minimum Gasteiger partial charge on any atom is -0.449 e. The topological polar surface area (TPSA) is 109 Å². The molecule has 3 N–H and O–H groups in total. The van der Waals surface area contributed by atoms with Crippen LogP contribution in [0.15, 0.2) is 30.3 Å². The number of aromatic nitrogens is 1. The van der Waals surface area contributed by atoms with Gasteiger partial charge in [-0.3, -0.25) is 10.1 Å². The maximum atomic E-state index is 12.2. The van der Waals surface area contributed by atoms with Crippen molar-refractivity contribution in [3.8, 4) is 0 Å². The fourth-order valence-corrected chi connectivity index (χ4v) is 2.82. The number of amides is 3. The van der Waals surface area contributed by atoms with Gasteiger partial charge in [0.05, 0.1) is 5.69 Å². The van der Waals surface area contributed by atoms with Crippen LogP contribution in [0.3, 0.4) is 0 Å². The molecule has 1 aromatic heterocycles. The third kappa shape index (κ3) is 5.03. The molecule has 26 heavy (non-hydrogen) atoms. The van der Waals surface area contributed by atoms with Crippen LogP contribution in [0.5, 0.6) is 0 Å². The molecule has 1 unspecified atom stereocenters. The molecule has 1 heterocycles. The first-order valence-corrected chi connectivity index (χ1v) is 8.67. The van der Waals surface area contributed by atoms with E-state index in [1.54, 1.807) is 14.0 Å². The van der Waals surface area contributed by atoms with Crippen molar-refractivity contribution in [2.24, 2.45) is 0 Å². The summed E-state index contributed by atoms with van der Waals surface area (Å²) in [6, 6.07) is 8.61. The lowest BCUT2D eigenvalue weighted by atomic mass is 10.2. The number of imide groups is 1. The Bertz CT molecular complexity index is 791.